The highest BCUT2D eigenvalue weighted by molar-refractivity contribution is 5.28. The molecular formula is C19H25N3. The quantitative estimate of drug-likeness (QED) is 0.755. The van der Waals surface area contributed by atoms with Gasteiger partial charge in [-0.25, -0.2) is 0 Å². The lowest BCUT2D eigenvalue weighted by Gasteiger charge is -2.24. The number of rotatable bonds is 1. The molecule has 1 unspecified atom stereocenters. The van der Waals surface area contributed by atoms with Crippen LogP contribution in [0.2, 0.25) is 0 Å². The van der Waals surface area contributed by atoms with Gasteiger partial charge in [-0.3, -0.25) is 0 Å². The first-order valence-corrected chi connectivity index (χ1v) is 8.20. The van der Waals surface area contributed by atoms with Gasteiger partial charge in [0.1, 0.15) is 0 Å². The summed E-state index contributed by atoms with van der Waals surface area (Å²) in [5.74, 6) is 0. The standard InChI is InChI=1S/C10H14N2.C9H11N/c1-2-4-9(5-3-1)10-8-11-6-7-12-10;1-2-4-9-7-10-6-5-8(9)3-1/h1-5,10-12H,6-8H2;1-4,10H,5-7H2. The van der Waals surface area contributed by atoms with E-state index in [0.29, 0.717) is 6.04 Å². The maximum Gasteiger partial charge on any atom is 0.0447 e. The summed E-state index contributed by atoms with van der Waals surface area (Å²) in [6, 6.07) is 19.7. The zero-order valence-corrected chi connectivity index (χ0v) is 13.0. The van der Waals surface area contributed by atoms with E-state index in [1.54, 1.807) is 0 Å². The van der Waals surface area contributed by atoms with Crippen LogP contribution < -0.4 is 16.0 Å². The molecule has 0 radical (unpaired) electrons. The highest BCUT2D eigenvalue weighted by Gasteiger charge is 2.12. The highest BCUT2D eigenvalue weighted by Crippen LogP contribution is 2.12. The number of benzene rings is 2. The van der Waals surface area contributed by atoms with Crippen LogP contribution in [0, 0.1) is 0 Å². The smallest absolute Gasteiger partial charge is 0.0447 e. The largest absolute Gasteiger partial charge is 0.314 e. The molecule has 0 saturated carbocycles. The second kappa shape index (κ2) is 8.08. The predicted molar refractivity (Wildman–Crippen MR) is 91.9 cm³/mol. The van der Waals surface area contributed by atoms with E-state index in [0.717, 1.165) is 32.7 Å². The van der Waals surface area contributed by atoms with Crippen LogP contribution >= 0.6 is 0 Å². The van der Waals surface area contributed by atoms with Gasteiger partial charge in [0.2, 0.25) is 0 Å². The molecular weight excluding hydrogens is 270 g/mol. The first kappa shape index (κ1) is 15.2. The van der Waals surface area contributed by atoms with Crippen molar-refractivity contribution < 1.29 is 0 Å². The Hall–Kier alpha value is -1.68. The molecule has 0 amide bonds. The van der Waals surface area contributed by atoms with Crippen LogP contribution in [0.15, 0.2) is 54.6 Å². The van der Waals surface area contributed by atoms with E-state index in [-0.39, 0.29) is 0 Å². The van der Waals surface area contributed by atoms with E-state index >= 15 is 0 Å². The summed E-state index contributed by atoms with van der Waals surface area (Å²) in [4.78, 5) is 0. The van der Waals surface area contributed by atoms with Crippen LogP contribution in [0.5, 0.6) is 0 Å². The fourth-order valence-corrected chi connectivity index (χ4v) is 2.99. The number of piperazine rings is 1. The fourth-order valence-electron chi connectivity index (χ4n) is 2.99. The van der Waals surface area contributed by atoms with E-state index in [9.17, 15) is 0 Å². The zero-order chi connectivity index (χ0) is 15.0. The molecule has 1 fully saturated rings. The Bertz CT molecular complexity index is 537. The lowest BCUT2D eigenvalue weighted by molar-refractivity contribution is 0.430. The second-order valence-corrected chi connectivity index (χ2v) is 5.82. The molecule has 1 saturated heterocycles. The van der Waals surface area contributed by atoms with Crippen LogP contribution in [0.3, 0.4) is 0 Å². The fraction of sp³-hybridized carbons (Fsp3) is 0.368. The third-order valence-corrected chi connectivity index (χ3v) is 4.25. The van der Waals surface area contributed by atoms with Gasteiger partial charge < -0.3 is 16.0 Å². The normalized spacial score (nSPS) is 20.5. The lowest BCUT2D eigenvalue weighted by atomic mass is 10.0. The Balaban J connectivity index is 0.000000133. The van der Waals surface area contributed by atoms with Crippen molar-refractivity contribution in [3.8, 4) is 0 Å². The van der Waals surface area contributed by atoms with Gasteiger partial charge in [0.05, 0.1) is 0 Å². The molecule has 3 heteroatoms. The van der Waals surface area contributed by atoms with E-state index in [4.69, 9.17) is 0 Å². The van der Waals surface area contributed by atoms with Crippen molar-refractivity contribution in [2.24, 2.45) is 0 Å². The average Bonchev–Trinajstić information content (AvgIpc) is 2.64. The highest BCUT2D eigenvalue weighted by atomic mass is 15.1. The maximum atomic E-state index is 3.47. The lowest BCUT2D eigenvalue weighted by Crippen LogP contribution is -2.42. The van der Waals surface area contributed by atoms with Gasteiger partial charge in [-0.2, -0.15) is 0 Å². The van der Waals surface area contributed by atoms with Gasteiger partial charge in [0.15, 0.2) is 0 Å². The minimum Gasteiger partial charge on any atom is -0.314 e. The van der Waals surface area contributed by atoms with Crippen LogP contribution in [-0.4, -0.2) is 26.2 Å². The molecule has 1 atom stereocenters. The summed E-state index contributed by atoms with van der Waals surface area (Å²) in [5, 5.41) is 10.2. The van der Waals surface area contributed by atoms with Gasteiger partial charge in [-0.05, 0) is 29.7 Å². The average molecular weight is 295 g/mol. The molecule has 116 valence electrons. The summed E-state index contributed by atoms with van der Waals surface area (Å²) >= 11 is 0. The third kappa shape index (κ3) is 4.17. The number of fused-ring (bicyclic) bond motifs is 1. The summed E-state index contributed by atoms with van der Waals surface area (Å²) in [5.41, 5.74) is 4.36. The Morgan fingerprint density at radius 3 is 2.23 bits per heavy atom. The molecule has 4 rings (SSSR count). The van der Waals surface area contributed by atoms with Gasteiger partial charge >= 0.3 is 0 Å². The summed E-state index contributed by atoms with van der Waals surface area (Å²) in [6.07, 6.45) is 1.19. The van der Waals surface area contributed by atoms with Crippen molar-refractivity contribution in [2.75, 3.05) is 26.2 Å². The topological polar surface area (TPSA) is 36.1 Å². The second-order valence-electron chi connectivity index (χ2n) is 5.82. The molecule has 2 heterocycles. The summed E-state index contributed by atoms with van der Waals surface area (Å²) in [6.45, 7) is 5.39. The molecule has 2 aliphatic heterocycles. The Morgan fingerprint density at radius 1 is 0.727 bits per heavy atom. The van der Waals surface area contributed by atoms with Crippen molar-refractivity contribution in [3.63, 3.8) is 0 Å². The van der Waals surface area contributed by atoms with Crippen molar-refractivity contribution in [2.45, 2.75) is 19.0 Å². The van der Waals surface area contributed by atoms with Crippen LogP contribution in [0.25, 0.3) is 0 Å². The molecule has 22 heavy (non-hydrogen) atoms. The summed E-state index contributed by atoms with van der Waals surface area (Å²) < 4.78 is 0. The number of hydrogen-bond donors (Lipinski definition) is 3. The van der Waals surface area contributed by atoms with E-state index in [1.165, 1.54) is 23.1 Å². The van der Waals surface area contributed by atoms with Gasteiger partial charge in [0.25, 0.3) is 0 Å². The van der Waals surface area contributed by atoms with Crippen molar-refractivity contribution in [1.82, 2.24) is 16.0 Å². The zero-order valence-electron chi connectivity index (χ0n) is 13.0. The van der Waals surface area contributed by atoms with E-state index < -0.39 is 0 Å². The first-order chi connectivity index (χ1) is 10.9. The third-order valence-electron chi connectivity index (χ3n) is 4.25. The van der Waals surface area contributed by atoms with Crippen molar-refractivity contribution >= 4 is 0 Å². The summed E-state index contributed by atoms with van der Waals surface area (Å²) in [7, 11) is 0. The van der Waals surface area contributed by atoms with Crippen molar-refractivity contribution in [1.29, 1.82) is 0 Å². The first-order valence-electron chi connectivity index (χ1n) is 8.20. The number of hydrogen-bond acceptors (Lipinski definition) is 3. The van der Waals surface area contributed by atoms with Gasteiger partial charge in [-0.15, -0.1) is 0 Å². The Kier molecular flexibility index (Phi) is 5.59. The molecule has 0 aromatic heterocycles. The number of nitrogens with one attached hydrogen (secondary N) is 3. The van der Waals surface area contributed by atoms with E-state index in [2.05, 4.69) is 70.5 Å². The predicted octanol–water partition coefficient (Wildman–Crippen LogP) is 2.25. The van der Waals surface area contributed by atoms with E-state index in [1.807, 2.05) is 0 Å². The minimum absolute atomic E-state index is 0.500. The molecule has 2 aromatic rings. The monoisotopic (exact) mass is 295 g/mol. The molecule has 0 aliphatic carbocycles. The van der Waals surface area contributed by atoms with Gasteiger partial charge in [0, 0.05) is 32.2 Å². The molecule has 2 aromatic carbocycles. The molecule has 2 aliphatic rings. The van der Waals surface area contributed by atoms with Crippen LogP contribution in [-0.2, 0) is 13.0 Å². The SMILES string of the molecule is c1ccc(C2CNCCN2)cc1.c1ccc2c(c1)CCNC2. The molecule has 3 nitrogen and oxygen atoms in total. The molecule has 0 bridgehead atoms. The Morgan fingerprint density at radius 2 is 1.50 bits per heavy atom. The Labute approximate surface area is 133 Å². The minimum atomic E-state index is 0.500. The van der Waals surface area contributed by atoms with Crippen LogP contribution in [0.4, 0.5) is 0 Å². The van der Waals surface area contributed by atoms with Gasteiger partial charge in [-0.1, -0.05) is 54.6 Å². The maximum absolute atomic E-state index is 3.47. The van der Waals surface area contributed by atoms with Crippen molar-refractivity contribution in [3.05, 3.63) is 71.3 Å². The molecule has 0 spiro atoms. The van der Waals surface area contributed by atoms with Crippen LogP contribution in [0.1, 0.15) is 22.7 Å². The molecule has 3 N–H and O–H groups in total.